The minimum Gasteiger partial charge on any atom is -0.326 e. The second-order valence-electron chi connectivity index (χ2n) is 7.09. The average Bonchev–Trinajstić information content (AvgIpc) is 3.50. The zero-order valence-corrected chi connectivity index (χ0v) is 17.6. The summed E-state index contributed by atoms with van der Waals surface area (Å²) >= 11 is 1.39. The monoisotopic (exact) mass is 439 g/mol. The van der Waals surface area contributed by atoms with Gasteiger partial charge in [-0.25, -0.2) is 9.50 Å². The summed E-state index contributed by atoms with van der Waals surface area (Å²) in [5.74, 6) is -0.215. The van der Waals surface area contributed by atoms with Crippen molar-refractivity contribution in [2.45, 2.75) is 6.42 Å². The highest BCUT2D eigenvalue weighted by Gasteiger charge is 2.18. The van der Waals surface area contributed by atoms with Crippen molar-refractivity contribution in [3.05, 3.63) is 101 Å². The number of aromatic nitrogens is 4. The smallest absolute Gasteiger partial charge is 0.228 e. The summed E-state index contributed by atoms with van der Waals surface area (Å²) < 4.78 is 1.65. The quantitative estimate of drug-likeness (QED) is 0.399. The number of carbonyl (C=O) groups is 2. The molecule has 0 aliphatic carbocycles. The fraction of sp³-hybridized carbons (Fsp3) is 0.0417. The summed E-state index contributed by atoms with van der Waals surface area (Å²) in [6.45, 7) is 0. The largest absolute Gasteiger partial charge is 0.326 e. The number of nitrogens with one attached hydrogen (secondary N) is 1. The predicted molar refractivity (Wildman–Crippen MR) is 123 cm³/mol. The van der Waals surface area contributed by atoms with Gasteiger partial charge in [-0.2, -0.15) is 5.10 Å². The summed E-state index contributed by atoms with van der Waals surface area (Å²) in [6.07, 6.45) is 6.80. The Labute approximate surface area is 187 Å². The van der Waals surface area contributed by atoms with Gasteiger partial charge in [-0.3, -0.25) is 14.6 Å². The molecule has 0 unspecified atom stereocenters. The van der Waals surface area contributed by atoms with E-state index in [4.69, 9.17) is 0 Å². The van der Waals surface area contributed by atoms with Gasteiger partial charge >= 0.3 is 0 Å². The van der Waals surface area contributed by atoms with Gasteiger partial charge in [0.25, 0.3) is 0 Å². The maximum absolute atomic E-state index is 12.8. The molecular weight excluding hydrogens is 422 g/mol. The Morgan fingerprint density at radius 2 is 1.88 bits per heavy atom. The number of anilines is 1. The first-order valence-corrected chi connectivity index (χ1v) is 10.8. The zero-order chi connectivity index (χ0) is 21.9. The van der Waals surface area contributed by atoms with Crippen LogP contribution in [0.3, 0.4) is 0 Å². The van der Waals surface area contributed by atoms with Gasteiger partial charge in [0.05, 0.1) is 28.8 Å². The fourth-order valence-electron chi connectivity index (χ4n) is 3.46. The van der Waals surface area contributed by atoms with E-state index in [0.29, 0.717) is 21.8 Å². The molecule has 0 aliphatic rings. The number of amides is 1. The molecule has 1 N–H and O–H groups in total. The van der Waals surface area contributed by atoms with E-state index in [0.717, 1.165) is 16.8 Å². The third-order valence-electron chi connectivity index (χ3n) is 4.95. The lowest BCUT2D eigenvalue weighted by atomic mass is 10.1. The number of thiophene rings is 1. The summed E-state index contributed by atoms with van der Waals surface area (Å²) in [5, 5.41) is 9.22. The highest BCUT2D eigenvalue weighted by Crippen LogP contribution is 2.25. The van der Waals surface area contributed by atoms with E-state index in [1.165, 1.54) is 11.3 Å². The highest BCUT2D eigenvalue weighted by molar-refractivity contribution is 7.12. The first-order chi connectivity index (χ1) is 15.7. The Kier molecular flexibility index (Phi) is 5.27. The maximum Gasteiger partial charge on any atom is 0.228 e. The van der Waals surface area contributed by atoms with E-state index in [1.807, 2.05) is 53.9 Å². The highest BCUT2D eigenvalue weighted by atomic mass is 32.1. The minimum absolute atomic E-state index is 0.100. The molecule has 0 aliphatic heterocycles. The molecule has 5 aromatic rings. The molecule has 1 amide bonds. The van der Waals surface area contributed by atoms with Crippen LogP contribution in [0.4, 0.5) is 5.69 Å². The molecule has 4 aromatic heterocycles. The Bertz CT molecular complexity index is 1410. The predicted octanol–water partition coefficient (Wildman–Crippen LogP) is 4.27. The van der Waals surface area contributed by atoms with Crippen LogP contribution in [0.2, 0.25) is 0 Å². The molecule has 7 nitrogen and oxygen atoms in total. The summed E-state index contributed by atoms with van der Waals surface area (Å²) in [4.78, 5) is 34.3. The molecule has 5 rings (SSSR count). The third-order valence-corrected chi connectivity index (χ3v) is 5.82. The molecular formula is C24H17N5O2S. The molecule has 0 bridgehead atoms. The molecule has 4 heterocycles. The number of fused-ring (bicyclic) bond motifs is 1. The van der Waals surface area contributed by atoms with Gasteiger partial charge in [0.15, 0.2) is 5.65 Å². The molecule has 8 heteroatoms. The van der Waals surface area contributed by atoms with Crippen molar-refractivity contribution in [2.75, 3.05) is 5.32 Å². The molecule has 0 saturated heterocycles. The SMILES string of the molecule is O=C(Cc1ccncc1)Nc1cccc(-c2ccnc3c(C(=O)c4cccs4)cnn23)c1. The topological polar surface area (TPSA) is 89.2 Å². The van der Waals surface area contributed by atoms with E-state index < -0.39 is 0 Å². The van der Waals surface area contributed by atoms with Crippen molar-refractivity contribution < 1.29 is 9.59 Å². The first-order valence-electron chi connectivity index (χ1n) is 9.89. The van der Waals surface area contributed by atoms with Crippen LogP contribution in [0, 0.1) is 0 Å². The Morgan fingerprint density at radius 1 is 1.00 bits per heavy atom. The number of benzene rings is 1. The maximum atomic E-state index is 12.8. The van der Waals surface area contributed by atoms with Gasteiger partial charge in [0.1, 0.15) is 0 Å². The number of hydrogen-bond donors (Lipinski definition) is 1. The molecule has 0 fully saturated rings. The Hall–Kier alpha value is -4.17. The van der Waals surface area contributed by atoms with E-state index in [9.17, 15) is 9.59 Å². The molecule has 0 atom stereocenters. The molecule has 0 spiro atoms. The van der Waals surface area contributed by atoms with Gasteiger partial charge in [-0.15, -0.1) is 11.3 Å². The summed E-state index contributed by atoms with van der Waals surface area (Å²) in [6, 6.07) is 16.6. The second kappa shape index (κ2) is 8.52. The van der Waals surface area contributed by atoms with Gasteiger partial charge in [0.2, 0.25) is 11.7 Å². The van der Waals surface area contributed by atoms with Crippen molar-refractivity contribution in [3.63, 3.8) is 0 Å². The standard InChI is InChI=1S/C24H17N5O2S/c30-22(13-16-6-9-25-10-7-16)28-18-4-1-3-17(14-18)20-8-11-26-24-19(15-27-29(20)24)23(31)21-5-2-12-32-21/h1-12,14-15H,13H2,(H,28,30). The number of hydrogen-bond acceptors (Lipinski definition) is 6. The fourth-order valence-corrected chi connectivity index (χ4v) is 4.14. The Morgan fingerprint density at radius 3 is 2.69 bits per heavy atom. The number of rotatable bonds is 6. The number of nitrogens with zero attached hydrogens (tertiary/aromatic N) is 4. The van der Waals surface area contributed by atoms with Gasteiger partial charge in [0, 0.05) is 29.8 Å². The van der Waals surface area contributed by atoms with E-state index in [1.54, 1.807) is 35.4 Å². The van der Waals surface area contributed by atoms with Crippen LogP contribution >= 0.6 is 11.3 Å². The van der Waals surface area contributed by atoms with Crippen LogP contribution < -0.4 is 5.32 Å². The van der Waals surface area contributed by atoms with Crippen molar-refractivity contribution in [2.24, 2.45) is 0 Å². The van der Waals surface area contributed by atoms with Crippen molar-refractivity contribution in [1.29, 1.82) is 0 Å². The van der Waals surface area contributed by atoms with E-state index in [2.05, 4.69) is 20.4 Å². The van der Waals surface area contributed by atoms with Crippen molar-refractivity contribution in [1.82, 2.24) is 19.6 Å². The number of pyridine rings is 1. The van der Waals surface area contributed by atoms with Crippen LogP contribution in [0.5, 0.6) is 0 Å². The van der Waals surface area contributed by atoms with Crippen LogP contribution in [0.1, 0.15) is 20.8 Å². The lowest BCUT2D eigenvalue weighted by molar-refractivity contribution is -0.115. The van der Waals surface area contributed by atoms with E-state index in [-0.39, 0.29) is 18.1 Å². The second-order valence-corrected chi connectivity index (χ2v) is 8.04. The lowest BCUT2D eigenvalue weighted by Gasteiger charge is -2.09. The lowest BCUT2D eigenvalue weighted by Crippen LogP contribution is -2.14. The molecule has 156 valence electrons. The zero-order valence-electron chi connectivity index (χ0n) is 16.8. The van der Waals surface area contributed by atoms with Crippen molar-refractivity contribution in [3.8, 4) is 11.3 Å². The third kappa shape index (κ3) is 3.91. The van der Waals surface area contributed by atoms with Gasteiger partial charge in [-0.1, -0.05) is 18.2 Å². The van der Waals surface area contributed by atoms with E-state index >= 15 is 0 Å². The first kappa shape index (κ1) is 19.8. The number of carbonyl (C=O) groups excluding carboxylic acids is 2. The van der Waals surface area contributed by atoms with Crippen LogP contribution in [-0.4, -0.2) is 31.3 Å². The minimum atomic E-state index is -0.115. The van der Waals surface area contributed by atoms with Crippen LogP contribution in [-0.2, 0) is 11.2 Å². The van der Waals surface area contributed by atoms with Gasteiger partial charge < -0.3 is 5.32 Å². The molecule has 0 saturated carbocycles. The average molecular weight is 440 g/mol. The summed E-state index contributed by atoms with van der Waals surface area (Å²) in [5.41, 5.74) is 4.13. The van der Waals surface area contributed by atoms with Gasteiger partial charge in [-0.05, 0) is 47.3 Å². The Balaban J connectivity index is 1.43. The van der Waals surface area contributed by atoms with Crippen LogP contribution in [0.15, 0.2) is 84.8 Å². The molecule has 1 aromatic carbocycles. The number of ketones is 1. The molecule has 0 radical (unpaired) electrons. The van der Waals surface area contributed by atoms with Crippen molar-refractivity contribution >= 4 is 34.4 Å². The molecule has 32 heavy (non-hydrogen) atoms. The van der Waals surface area contributed by atoms with Crippen LogP contribution in [0.25, 0.3) is 16.9 Å². The normalized spacial score (nSPS) is 10.9. The summed E-state index contributed by atoms with van der Waals surface area (Å²) in [7, 11) is 0.